The number of benzene rings is 3. The maximum absolute atomic E-state index is 11.8. The van der Waals surface area contributed by atoms with Crippen molar-refractivity contribution in [3.63, 3.8) is 0 Å². The van der Waals surface area contributed by atoms with Crippen LogP contribution in [0.2, 0.25) is 10.0 Å². The molecule has 2 aliphatic rings. The van der Waals surface area contributed by atoms with Gasteiger partial charge in [-0.2, -0.15) is 0 Å². The molecule has 0 amide bonds. The van der Waals surface area contributed by atoms with E-state index in [4.69, 9.17) is 37.4 Å². The predicted octanol–water partition coefficient (Wildman–Crippen LogP) is 8.09. The molecule has 10 heteroatoms. The highest BCUT2D eigenvalue weighted by atomic mass is 79.9. The van der Waals surface area contributed by atoms with Gasteiger partial charge in [-0.15, -0.1) is 0 Å². The Morgan fingerprint density at radius 3 is 2.59 bits per heavy atom. The summed E-state index contributed by atoms with van der Waals surface area (Å²) in [4.78, 5) is 11.5. The van der Waals surface area contributed by atoms with E-state index in [1.807, 2.05) is 18.2 Å². The molecule has 3 aromatic carbocycles. The number of nitrogens with zero attached hydrogens (tertiary/aromatic N) is 1. The Bertz CT molecular complexity index is 1410. The van der Waals surface area contributed by atoms with E-state index in [1.165, 1.54) is 6.07 Å². The van der Waals surface area contributed by atoms with Crippen molar-refractivity contribution in [1.82, 2.24) is 0 Å². The predicted molar refractivity (Wildman–Crippen MR) is 147 cm³/mol. The van der Waals surface area contributed by atoms with Crippen molar-refractivity contribution in [3.05, 3.63) is 95.9 Å². The number of hydrogen-bond acceptors (Lipinski definition) is 6. The van der Waals surface area contributed by atoms with Crippen molar-refractivity contribution in [2.24, 2.45) is 5.92 Å². The van der Waals surface area contributed by atoms with E-state index in [0.717, 1.165) is 17.5 Å². The number of hydrogen-bond donors (Lipinski definition) is 1. The van der Waals surface area contributed by atoms with E-state index in [-0.39, 0.29) is 35.1 Å². The number of anilines is 1. The SMILES string of the molecule is COc1ccc([N+](=O)[O-])c2c1N[C@H](c1cc(Br)c(OCc3ccc(Cl)cc3Cl)c(OC)c1)[C@H]1CC=C[C@@H]21. The molecule has 7 nitrogen and oxygen atoms in total. The Kier molecular flexibility index (Phi) is 7.25. The smallest absolute Gasteiger partial charge is 0.275 e. The number of nitro benzene ring substituents is 1. The normalized spacial score (nSPS) is 19.5. The van der Waals surface area contributed by atoms with Crippen LogP contribution in [0.4, 0.5) is 11.4 Å². The molecule has 0 saturated carbocycles. The first-order valence-corrected chi connectivity index (χ1v) is 13.1. The molecule has 0 unspecified atom stereocenters. The van der Waals surface area contributed by atoms with Gasteiger partial charge < -0.3 is 19.5 Å². The van der Waals surface area contributed by atoms with Crippen molar-refractivity contribution < 1.29 is 19.1 Å². The highest BCUT2D eigenvalue weighted by Gasteiger charge is 2.43. The highest BCUT2D eigenvalue weighted by Crippen LogP contribution is 2.55. The average Bonchev–Trinajstić information content (AvgIpc) is 3.37. The van der Waals surface area contributed by atoms with Crippen LogP contribution in [0.15, 0.2) is 59.1 Å². The molecule has 0 saturated heterocycles. The minimum Gasteiger partial charge on any atom is -0.495 e. The fraction of sp³-hybridized carbons (Fsp3) is 0.259. The molecule has 3 aromatic rings. The molecule has 192 valence electrons. The summed E-state index contributed by atoms with van der Waals surface area (Å²) in [7, 11) is 3.15. The van der Waals surface area contributed by atoms with Gasteiger partial charge in [-0.25, -0.2) is 0 Å². The molecule has 37 heavy (non-hydrogen) atoms. The average molecular weight is 606 g/mol. The number of nitrogens with one attached hydrogen (secondary N) is 1. The molecular formula is C27H23BrCl2N2O5. The van der Waals surface area contributed by atoms with Crippen LogP contribution >= 0.6 is 39.1 Å². The van der Waals surface area contributed by atoms with Crippen molar-refractivity contribution in [1.29, 1.82) is 0 Å². The zero-order valence-corrected chi connectivity index (χ0v) is 23.1. The molecule has 0 spiro atoms. The lowest BCUT2D eigenvalue weighted by atomic mass is 9.76. The van der Waals surface area contributed by atoms with E-state index in [0.29, 0.717) is 43.0 Å². The lowest BCUT2D eigenvalue weighted by Gasteiger charge is -2.38. The number of methoxy groups -OCH3 is 2. The third-order valence-corrected chi connectivity index (χ3v) is 8.05. The third kappa shape index (κ3) is 4.74. The maximum Gasteiger partial charge on any atom is 0.275 e. The van der Waals surface area contributed by atoms with Crippen molar-refractivity contribution >= 4 is 50.5 Å². The quantitative estimate of drug-likeness (QED) is 0.166. The first kappa shape index (κ1) is 25.7. The Labute approximate surface area is 232 Å². The standard InChI is InChI=1S/C27H23BrCl2N2O5/c1-35-22-9-8-21(32(33)34)24-17-4-3-5-18(17)25(31-26(22)24)15-10-19(28)27(23(11-15)36-2)37-13-14-6-7-16(29)12-20(14)30/h3-4,6-12,17-18,25,31H,5,13H2,1-2H3/t17-,18+,25-/m1/s1. The van der Waals surface area contributed by atoms with Crippen molar-refractivity contribution in [2.45, 2.75) is 25.0 Å². The molecule has 0 radical (unpaired) electrons. The summed E-state index contributed by atoms with van der Waals surface area (Å²) in [5.41, 5.74) is 3.14. The Balaban J connectivity index is 1.51. The lowest BCUT2D eigenvalue weighted by molar-refractivity contribution is -0.385. The fourth-order valence-corrected chi connectivity index (χ4v) is 6.21. The summed E-state index contributed by atoms with van der Waals surface area (Å²) in [5.74, 6) is 1.62. The summed E-state index contributed by atoms with van der Waals surface area (Å²) in [5, 5.41) is 16.5. The van der Waals surface area contributed by atoms with Crippen LogP contribution in [0.5, 0.6) is 17.2 Å². The monoisotopic (exact) mass is 604 g/mol. The molecular weight excluding hydrogens is 583 g/mol. The number of allylic oxidation sites excluding steroid dienone is 2. The third-order valence-electron chi connectivity index (χ3n) is 6.87. The van der Waals surface area contributed by atoms with Crippen LogP contribution in [0.3, 0.4) is 0 Å². The first-order valence-electron chi connectivity index (χ1n) is 11.5. The summed E-state index contributed by atoms with van der Waals surface area (Å²) in [6, 6.07) is 12.2. The topological polar surface area (TPSA) is 82.9 Å². The van der Waals surface area contributed by atoms with Gasteiger partial charge in [0.25, 0.3) is 5.69 Å². The van der Waals surface area contributed by atoms with Gasteiger partial charge >= 0.3 is 0 Å². The Morgan fingerprint density at radius 1 is 1.11 bits per heavy atom. The second-order valence-electron chi connectivity index (χ2n) is 8.87. The summed E-state index contributed by atoms with van der Waals surface area (Å²) in [6.07, 6.45) is 4.93. The molecule has 1 N–H and O–H groups in total. The summed E-state index contributed by atoms with van der Waals surface area (Å²) < 4.78 is 18.1. The second-order valence-corrected chi connectivity index (χ2v) is 10.6. The van der Waals surface area contributed by atoms with Crippen LogP contribution < -0.4 is 19.5 Å². The molecule has 0 aromatic heterocycles. The highest BCUT2D eigenvalue weighted by molar-refractivity contribution is 9.10. The lowest BCUT2D eigenvalue weighted by Crippen LogP contribution is -2.30. The van der Waals surface area contributed by atoms with E-state index < -0.39 is 0 Å². The van der Waals surface area contributed by atoms with Gasteiger partial charge in [-0.3, -0.25) is 10.1 Å². The summed E-state index contributed by atoms with van der Waals surface area (Å²) >= 11 is 16.0. The summed E-state index contributed by atoms with van der Waals surface area (Å²) in [6.45, 7) is 0.231. The maximum atomic E-state index is 11.8. The molecule has 1 aliphatic heterocycles. The van der Waals surface area contributed by atoms with E-state index in [1.54, 1.807) is 32.4 Å². The number of nitro groups is 1. The van der Waals surface area contributed by atoms with Gasteiger partial charge in [-0.05, 0) is 64.2 Å². The molecule has 1 heterocycles. The molecule has 1 aliphatic carbocycles. The van der Waals surface area contributed by atoms with Crippen molar-refractivity contribution in [2.75, 3.05) is 19.5 Å². The van der Waals surface area contributed by atoms with Crippen LogP contribution in [-0.2, 0) is 6.61 Å². The molecule has 3 atom stereocenters. The van der Waals surface area contributed by atoms with Crippen molar-refractivity contribution in [3.8, 4) is 17.2 Å². The minimum absolute atomic E-state index is 0.0783. The number of ether oxygens (including phenoxy) is 3. The number of halogens is 3. The van der Waals surface area contributed by atoms with Gasteiger partial charge in [0.1, 0.15) is 12.4 Å². The van der Waals surface area contributed by atoms with Gasteiger partial charge in [0.2, 0.25) is 0 Å². The van der Waals surface area contributed by atoms with Crippen LogP contribution in [0.25, 0.3) is 0 Å². The fourth-order valence-electron chi connectivity index (χ4n) is 5.17. The van der Waals surface area contributed by atoms with E-state index in [2.05, 4.69) is 33.4 Å². The Morgan fingerprint density at radius 2 is 1.89 bits per heavy atom. The second kappa shape index (κ2) is 10.4. The Hall–Kier alpha value is -2.94. The van der Waals surface area contributed by atoms with Gasteiger partial charge in [0.05, 0.1) is 40.9 Å². The minimum atomic E-state index is -0.331. The van der Waals surface area contributed by atoms with Crippen LogP contribution in [-0.4, -0.2) is 19.1 Å². The zero-order chi connectivity index (χ0) is 26.3. The van der Waals surface area contributed by atoms with Gasteiger partial charge in [-0.1, -0.05) is 41.4 Å². The van der Waals surface area contributed by atoms with E-state index >= 15 is 0 Å². The zero-order valence-electron chi connectivity index (χ0n) is 20.0. The van der Waals surface area contributed by atoms with Crippen LogP contribution in [0.1, 0.15) is 35.1 Å². The molecule has 0 bridgehead atoms. The van der Waals surface area contributed by atoms with Gasteiger partial charge in [0, 0.05) is 27.6 Å². The largest absolute Gasteiger partial charge is 0.495 e. The number of fused-ring (bicyclic) bond motifs is 3. The van der Waals surface area contributed by atoms with Gasteiger partial charge in [0.15, 0.2) is 11.5 Å². The first-order chi connectivity index (χ1) is 17.8. The van der Waals surface area contributed by atoms with E-state index in [9.17, 15) is 10.1 Å². The molecule has 0 fully saturated rings. The number of rotatable bonds is 7. The van der Waals surface area contributed by atoms with Crippen LogP contribution in [0, 0.1) is 16.0 Å². The molecule has 5 rings (SSSR count).